The molecule has 7 N–H and O–H groups in total. The largest absolute Gasteiger partial charge is 0.292 e. The van der Waals surface area contributed by atoms with Crippen molar-refractivity contribution in [3.8, 4) is 0 Å². The van der Waals surface area contributed by atoms with Gasteiger partial charge < -0.3 is 0 Å². The van der Waals surface area contributed by atoms with Crippen molar-refractivity contribution in [1.82, 2.24) is 15.0 Å². The summed E-state index contributed by atoms with van der Waals surface area (Å²) >= 11 is 0. The van der Waals surface area contributed by atoms with Crippen molar-refractivity contribution in [3.05, 3.63) is 5.82 Å². The molecule has 8 nitrogen and oxygen atoms in total. The van der Waals surface area contributed by atoms with Gasteiger partial charge in [0.2, 0.25) is 5.95 Å². The highest BCUT2D eigenvalue weighted by molar-refractivity contribution is 5.33. The van der Waals surface area contributed by atoms with Crippen LogP contribution >= 0.6 is 0 Å². The van der Waals surface area contributed by atoms with E-state index >= 15 is 0 Å². The first-order valence-corrected chi connectivity index (χ1v) is 3.12. The topological polar surface area (TPSA) is 132 Å². The van der Waals surface area contributed by atoms with E-state index < -0.39 is 0 Å². The van der Waals surface area contributed by atoms with Crippen LogP contribution in [-0.2, 0) is 0 Å². The number of nitrogens with one attached hydrogen (secondary N) is 1. The second-order valence-corrected chi connectivity index (χ2v) is 2.06. The standard InChI is InChI=1S/C4H10N8/c1-2-8-3(11-5)10-4(9-2)12(6)7/h5-7H2,1H3,(H,8,9,10,11). The van der Waals surface area contributed by atoms with E-state index in [1.54, 1.807) is 6.92 Å². The maximum Gasteiger partial charge on any atom is 0.260 e. The second-order valence-electron chi connectivity index (χ2n) is 2.06. The van der Waals surface area contributed by atoms with E-state index in [9.17, 15) is 0 Å². The van der Waals surface area contributed by atoms with E-state index in [0.717, 1.165) is 5.12 Å². The van der Waals surface area contributed by atoms with Gasteiger partial charge in [-0.05, 0) is 6.92 Å². The molecule has 0 fully saturated rings. The van der Waals surface area contributed by atoms with Crippen molar-refractivity contribution in [3.63, 3.8) is 0 Å². The number of anilines is 2. The Kier molecular flexibility index (Phi) is 2.33. The Morgan fingerprint density at radius 2 is 1.92 bits per heavy atom. The predicted molar refractivity (Wildman–Crippen MR) is 43.2 cm³/mol. The fourth-order valence-corrected chi connectivity index (χ4v) is 0.648. The van der Waals surface area contributed by atoms with Crippen LogP contribution < -0.4 is 28.1 Å². The molecule has 0 aromatic carbocycles. The molecule has 8 heteroatoms. The number of hydrogen-bond donors (Lipinski definition) is 4. The van der Waals surface area contributed by atoms with Gasteiger partial charge >= 0.3 is 0 Å². The number of hydrazine groups is 3. The molecule has 0 aliphatic rings. The molecule has 0 saturated heterocycles. The molecule has 0 amide bonds. The smallest absolute Gasteiger partial charge is 0.260 e. The van der Waals surface area contributed by atoms with Gasteiger partial charge in [-0.15, -0.1) is 0 Å². The highest BCUT2D eigenvalue weighted by Gasteiger charge is 2.04. The Hall–Kier alpha value is -1.51. The van der Waals surface area contributed by atoms with Gasteiger partial charge in [0.05, 0.1) is 0 Å². The number of hydrogen-bond acceptors (Lipinski definition) is 8. The molecule has 0 aliphatic carbocycles. The summed E-state index contributed by atoms with van der Waals surface area (Å²) in [5, 5.41) is 0.787. The zero-order valence-electron chi connectivity index (χ0n) is 6.52. The lowest BCUT2D eigenvalue weighted by Gasteiger charge is -2.09. The Balaban J connectivity index is 3.06. The number of rotatable bonds is 2. The van der Waals surface area contributed by atoms with E-state index in [1.807, 2.05) is 0 Å². The first-order chi connectivity index (χ1) is 5.63. The van der Waals surface area contributed by atoms with E-state index in [0.29, 0.717) is 5.82 Å². The highest BCUT2D eigenvalue weighted by atomic mass is 15.6. The van der Waals surface area contributed by atoms with Gasteiger partial charge in [0.1, 0.15) is 5.82 Å². The molecule has 1 aromatic heterocycles. The number of aromatic nitrogens is 3. The van der Waals surface area contributed by atoms with Crippen molar-refractivity contribution >= 4 is 11.9 Å². The van der Waals surface area contributed by atoms with E-state index in [-0.39, 0.29) is 11.9 Å². The van der Waals surface area contributed by atoms with Gasteiger partial charge in [-0.1, -0.05) is 0 Å². The monoisotopic (exact) mass is 170 g/mol. The Labute approximate surface area is 68.7 Å². The van der Waals surface area contributed by atoms with Crippen molar-refractivity contribution in [1.29, 1.82) is 0 Å². The third-order valence-corrected chi connectivity index (χ3v) is 1.10. The first-order valence-electron chi connectivity index (χ1n) is 3.12. The van der Waals surface area contributed by atoms with Crippen LogP contribution in [-0.4, -0.2) is 15.0 Å². The van der Waals surface area contributed by atoms with Crippen LogP contribution in [0.25, 0.3) is 0 Å². The Morgan fingerprint density at radius 3 is 2.42 bits per heavy atom. The average molecular weight is 170 g/mol. The lowest BCUT2D eigenvalue weighted by molar-refractivity contribution is 0.831. The minimum atomic E-state index is 0.149. The quantitative estimate of drug-likeness (QED) is 0.296. The molecule has 1 aromatic rings. The van der Waals surface area contributed by atoms with Crippen LogP contribution in [0.3, 0.4) is 0 Å². The van der Waals surface area contributed by atoms with Gasteiger partial charge in [-0.25, -0.2) is 22.6 Å². The molecule has 66 valence electrons. The van der Waals surface area contributed by atoms with Gasteiger partial charge in [0.15, 0.2) is 0 Å². The van der Waals surface area contributed by atoms with Gasteiger partial charge in [-0.2, -0.15) is 15.0 Å². The third kappa shape index (κ3) is 1.75. The van der Waals surface area contributed by atoms with Crippen molar-refractivity contribution in [2.24, 2.45) is 17.5 Å². The summed E-state index contributed by atoms with van der Waals surface area (Å²) in [6, 6.07) is 0. The molecule has 12 heavy (non-hydrogen) atoms. The second kappa shape index (κ2) is 3.26. The Morgan fingerprint density at radius 1 is 1.25 bits per heavy atom. The van der Waals surface area contributed by atoms with E-state index in [4.69, 9.17) is 17.5 Å². The first kappa shape index (κ1) is 8.59. The molecule has 0 bridgehead atoms. The zero-order chi connectivity index (χ0) is 9.14. The summed E-state index contributed by atoms with van der Waals surface area (Å²) < 4.78 is 0. The summed E-state index contributed by atoms with van der Waals surface area (Å²) in [5.41, 5.74) is 2.26. The lowest BCUT2D eigenvalue weighted by atomic mass is 10.7. The molecule has 1 rings (SSSR count). The van der Waals surface area contributed by atoms with Crippen molar-refractivity contribution < 1.29 is 0 Å². The van der Waals surface area contributed by atoms with E-state index in [1.165, 1.54) is 0 Å². The molecule has 1 heterocycles. The van der Waals surface area contributed by atoms with Crippen LogP contribution in [0.5, 0.6) is 0 Å². The average Bonchev–Trinajstić information content (AvgIpc) is 2.03. The highest BCUT2D eigenvalue weighted by Crippen LogP contribution is 2.03. The van der Waals surface area contributed by atoms with Gasteiger partial charge in [-0.3, -0.25) is 5.43 Å². The number of nitrogens with zero attached hydrogens (tertiary/aromatic N) is 4. The fourth-order valence-electron chi connectivity index (χ4n) is 0.648. The van der Waals surface area contributed by atoms with Crippen LogP contribution in [0.15, 0.2) is 0 Å². The van der Waals surface area contributed by atoms with Gasteiger partial charge in [0, 0.05) is 0 Å². The van der Waals surface area contributed by atoms with Crippen molar-refractivity contribution in [2.75, 3.05) is 10.5 Å². The zero-order valence-corrected chi connectivity index (χ0v) is 6.52. The minimum Gasteiger partial charge on any atom is -0.292 e. The molecule has 0 spiro atoms. The predicted octanol–water partition coefficient (Wildman–Crippen LogP) is -1.98. The maximum absolute atomic E-state index is 5.20. The maximum atomic E-state index is 5.20. The summed E-state index contributed by atoms with van der Waals surface area (Å²) in [7, 11) is 0. The number of aryl methyl sites for hydroxylation is 1. The SMILES string of the molecule is Cc1nc(NN)nc(N(N)N)n1. The summed E-state index contributed by atoms with van der Waals surface area (Å²) in [6.07, 6.45) is 0. The minimum absolute atomic E-state index is 0.149. The van der Waals surface area contributed by atoms with E-state index in [2.05, 4.69) is 20.4 Å². The number of nitrogen functional groups attached to an aromatic ring is 1. The van der Waals surface area contributed by atoms with Crippen LogP contribution in [0, 0.1) is 6.92 Å². The summed E-state index contributed by atoms with van der Waals surface area (Å²) in [4.78, 5) is 11.4. The summed E-state index contributed by atoms with van der Waals surface area (Å²) in [6.45, 7) is 1.68. The molecule has 0 atom stereocenters. The molecule has 0 radical (unpaired) electrons. The molecule has 0 saturated carbocycles. The third-order valence-electron chi connectivity index (χ3n) is 1.10. The van der Waals surface area contributed by atoms with Gasteiger partial charge in [0.25, 0.3) is 5.95 Å². The summed E-state index contributed by atoms with van der Waals surface area (Å²) in [5.74, 6) is 16.3. The fraction of sp³-hybridized carbons (Fsp3) is 0.250. The molecule has 0 unspecified atom stereocenters. The van der Waals surface area contributed by atoms with Crippen LogP contribution in [0.2, 0.25) is 0 Å². The Bertz CT molecular complexity index is 270. The van der Waals surface area contributed by atoms with Crippen LogP contribution in [0.1, 0.15) is 5.82 Å². The molecular formula is C4H10N8. The molecule has 0 aliphatic heterocycles. The normalized spacial score (nSPS) is 9.67. The molecular weight excluding hydrogens is 160 g/mol. The number of nitrogens with two attached hydrogens (primary N) is 3. The lowest BCUT2D eigenvalue weighted by Crippen LogP contribution is -2.39. The van der Waals surface area contributed by atoms with Crippen LogP contribution in [0.4, 0.5) is 11.9 Å². The van der Waals surface area contributed by atoms with Crippen molar-refractivity contribution in [2.45, 2.75) is 6.92 Å².